The first kappa shape index (κ1) is 17.5. The Labute approximate surface area is 167 Å². The second-order valence-electron chi connectivity index (χ2n) is 7.28. The van der Waals surface area contributed by atoms with E-state index in [0.29, 0.717) is 26.1 Å². The van der Waals surface area contributed by atoms with Crippen LogP contribution in [0.1, 0.15) is 17.3 Å². The number of hydrogen-bond donors (Lipinski definition) is 1. The number of amides is 1. The van der Waals surface area contributed by atoms with E-state index in [1.54, 1.807) is 0 Å². The molecule has 1 N–H and O–H groups in total. The Morgan fingerprint density at radius 1 is 1.10 bits per heavy atom. The zero-order valence-electron chi connectivity index (χ0n) is 15.9. The third-order valence-electron chi connectivity index (χ3n) is 5.29. The number of para-hydroxylation sites is 2. The summed E-state index contributed by atoms with van der Waals surface area (Å²) < 4.78 is 7.54. The number of H-pyrrole nitrogens is 1. The summed E-state index contributed by atoms with van der Waals surface area (Å²) >= 11 is 0. The summed E-state index contributed by atoms with van der Waals surface area (Å²) in [6.45, 7) is 1.69. The molecule has 1 fully saturated rings. The van der Waals surface area contributed by atoms with Gasteiger partial charge >= 0.3 is 0 Å². The van der Waals surface area contributed by atoms with Gasteiger partial charge in [0, 0.05) is 30.2 Å². The van der Waals surface area contributed by atoms with Crippen LogP contribution in [0.3, 0.4) is 0 Å². The predicted molar refractivity (Wildman–Crippen MR) is 108 cm³/mol. The van der Waals surface area contributed by atoms with E-state index < -0.39 is 0 Å². The number of nitrogens with zero attached hydrogens (tertiary/aromatic N) is 4. The molecule has 1 aliphatic heterocycles. The highest BCUT2D eigenvalue weighted by Gasteiger charge is 2.32. The minimum atomic E-state index is 0.138. The summed E-state index contributed by atoms with van der Waals surface area (Å²) in [4.78, 5) is 17.7. The predicted octanol–water partition coefficient (Wildman–Crippen LogP) is 2.96. The molecule has 7 nitrogen and oxygen atoms in total. The van der Waals surface area contributed by atoms with Gasteiger partial charge in [-0.05, 0) is 23.8 Å². The van der Waals surface area contributed by atoms with Gasteiger partial charge in [0.2, 0.25) is 5.91 Å². The Morgan fingerprint density at radius 2 is 1.90 bits per heavy atom. The summed E-state index contributed by atoms with van der Waals surface area (Å²) in [6, 6.07) is 17.8. The number of nitrogens with one attached hydrogen (secondary N) is 1. The number of aromatic nitrogens is 4. The van der Waals surface area contributed by atoms with Gasteiger partial charge in [-0.1, -0.05) is 41.6 Å². The molecule has 0 unspecified atom stereocenters. The second-order valence-corrected chi connectivity index (χ2v) is 7.28. The molecule has 2 aromatic carbocycles. The fourth-order valence-corrected chi connectivity index (χ4v) is 3.61. The summed E-state index contributed by atoms with van der Waals surface area (Å²) in [6.07, 6.45) is 4.23. The molecular formula is C22H21N5O2. The van der Waals surface area contributed by atoms with Gasteiger partial charge < -0.3 is 14.6 Å². The number of likely N-dealkylation sites (tertiary alicyclic amines) is 1. The summed E-state index contributed by atoms with van der Waals surface area (Å²) in [5.41, 5.74) is 2.87. The van der Waals surface area contributed by atoms with Crippen molar-refractivity contribution in [3.05, 3.63) is 78.2 Å². The highest BCUT2D eigenvalue weighted by atomic mass is 16.5. The zero-order valence-corrected chi connectivity index (χ0v) is 15.9. The van der Waals surface area contributed by atoms with Crippen molar-refractivity contribution < 1.29 is 9.53 Å². The van der Waals surface area contributed by atoms with Crippen LogP contribution in [0.5, 0.6) is 5.75 Å². The summed E-state index contributed by atoms with van der Waals surface area (Å²) in [5.74, 6) is 0.943. The van der Waals surface area contributed by atoms with Crippen LogP contribution in [0.2, 0.25) is 0 Å². The molecule has 0 saturated carbocycles. The van der Waals surface area contributed by atoms with Crippen molar-refractivity contribution in [3.8, 4) is 5.75 Å². The topological polar surface area (TPSA) is 76.0 Å². The maximum atomic E-state index is 12.6. The van der Waals surface area contributed by atoms with Gasteiger partial charge in [0.05, 0.1) is 18.7 Å². The van der Waals surface area contributed by atoms with E-state index in [1.807, 2.05) is 76.6 Å². The highest BCUT2D eigenvalue weighted by molar-refractivity contribution is 5.89. The van der Waals surface area contributed by atoms with E-state index >= 15 is 0 Å². The van der Waals surface area contributed by atoms with Crippen molar-refractivity contribution in [2.24, 2.45) is 0 Å². The lowest BCUT2D eigenvalue weighted by atomic mass is 10.1. The fourth-order valence-electron chi connectivity index (χ4n) is 3.61. The average molecular weight is 387 g/mol. The molecule has 0 bridgehead atoms. The molecular weight excluding hydrogens is 366 g/mol. The Balaban J connectivity index is 1.15. The monoisotopic (exact) mass is 387 g/mol. The lowest BCUT2D eigenvalue weighted by Crippen LogP contribution is -2.51. The fraction of sp³-hybridized carbons (Fsp3) is 0.227. The maximum Gasteiger partial charge on any atom is 0.227 e. The number of rotatable bonds is 6. The van der Waals surface area contributed by atoms with Crippen LogP contribution in [0.15, 0.2) is 67.0 Å². The third kappa shape index (κ3) is 3.59. The van der Waals surface area contributed by atoms with E-state index in [9.17, 15) is 4.79 Å². The van der Waals surface area contributed by atoms with Crippen LogP contribution in [0, 0.1) is 0 Å². The number of hydrogen-bond acceptors (Lipinski definition) is 4. The zero-order chi connectivity index (χ0) is 19.6. The minimum absolute atomic E-state index is 0.138. The van der Waals surface area contributed by atoms with Gasteiger partial charge in [-0.25, -0.2) is 4.68 Å². The molecule has 2 aromatic heterocycles. The average Bonchev–Trinajstić information content (AvgIpc) is 3.34. The minimum Gasteiger partial charge on any atom is -0.487 e. The van der Waals surface area contributed by atoms with E-state index in [2.05, 4.69) is 15.3 Å². The van der Waals surface area contributed by atoms with Crippen molar-refractivity contribution in [2.45, 2.75) is 19.1 Å². The molecule has 1 saturated heterocycles. The smallest absolute Gasteiger partial charge is 0.227 e. The molecule has 0 atom stereocenters. The van der Waals surface area contributed by atoms with Crippen LogP contribution >= 0.6 is 0 Å². The SMILES string of the molecule is O=C(Cc1c[nH]c2ccccc12)N1CC(n2cc(COc3ccccc3)nn2)C1. The second kappa shape index (κ2) is 7.43. The molecule has 29 heavy (non-hydrogen) atoms. The lowest BCUT2D eigenvalue weighted by molar-refractivity contribution is -0.136. The van der Waals surface area contributed by atoms with Crippen molar-refractivity contribution in [1.82, 2.24) is 24.9 Å². The van der Waals surface area contributed by atoms with E-state index in [1.165, 1.54) is 0 Å². The van der Waals surface area contributed by atoms with Gasteiger partial charge in [0.15, 0.2) is 0 Å². The van der Waals surface area contributed by atoms with Gasteiger partial charge in [0.1, 0.15) is 18.1 Å². The van der Waals surface area contributed by atoms with Gasteiger partial charge in [0.25, 0.3) is 0 Å². The number of aromatic amines is 1. The molecule has 0 aliphatic carbocycles. The molecule has 1 amide bonds. The third-order valence-corrected chi connectivity index (χ3v) is 5.29. The Morgan fingerprint density at radius 3 is 2.76 bits per heavy atom. The standard InChI is InChI=1S/C22H21N5O2/c28-22(10-16-11-23-21-9-5-4-8-20(16)21)26-13-18(14-26)27-12-17(24-25-27)15-29-19-6-2-1-3-7-19/h1-9,11-12,18,23H,10,13-15H2. The van der Waals surface area contributed by atoms with Crippen molar-refractivity contribution >= 4 is 16.8 Å². The molecule has 0 spiro atoms. The summed E-state index contributed by atoms with van der Waals surface area (Å²) in [5, 5.41) is 9.49. The number of carbonyl (C=O) groups is 1. The molecule has 0 radical (unpaired) electrons. The van der Waals surface area contributed by atoms with Gasteiger partial charge in [-0.3, -0.25) is 4.79 Å². The largest absolute Gasteiger partial charge is 0.487 e. The number of benzene rings is 2. The van der Waals surface area contributed by atoms with Crippen LogP contribution in [0.4, 0.5) is 0 Å². The van der Waals surface area contributed by atoms with Crippen molar-refractivity contribution in [3.63, 3.8) is 0 Å². The normalized spacial score (nSPS) is 14.1. The number of ether oxygens (including phenoxy) is 1. The highest BCUT2D eigenvalue weighted by Crippen LogP contribution is 2.24. The van der Waals surface area contributed by atoms with Crippen molar-refractivity contribution in [1.29, 1.82) is 0 Å². The quantitative estimate of drug-likeness (QED) is 0.552. The Kier molecular flexibility index (Phi) is 4.48. The Bertz CT molecular complexity index is 1130. The molecule has 1 aliphatic rings. The van der Waals surface area contributed by atoms with Crippen LogP contribution in [-0.4, -0.2) is 43.9 Å². The first-order valence-corrected chi connectivity index (χ1v) is 9.67. The van der Waals surface area contributed by atoms with Crippen molar-refractivity contribution in [2.75, 3.05) is 13.1 Å². The molecule has 146 valence electrons. The molecule has 4 aromatic rings. The molecule has 7 heteroatoms. The van der Waals surface area contributed by atoms with E-state index in [0.717, 1.165) is 27.9 Å². The van der Waals surface area contributed by atoms with Crippen LogP contribution in [-0.2, 0) is 17.8 Å². The van der Waals surface area contributed by atoms with Gasteiger partial charge in [-0.15, -0.1) is 5.10 Å². The number of carbonyl (C=O) groups excluding carboxylic acids is 1. The molecule has 3 heterocycles. The van der Waals surface area contributed by atoms with E-state index in [-0.39, 0.29) is 11.9 Å². The number of fused-ring (bicyclic) bond motifs is 1. The van der Waals surface area contributed by atoms with Crippen LogP contribution < -0.4 is 4.74 Å². The lowest BCUT2D eigenvalue weighted by Gasteiger charge is -2.38. The van der Waals surface area contributed by atoms with Crippen LogP contribution in [0.25, 0.3) is 10.9 Å². The first-order valence-electron chi connectivity index (χ1n) is 9.67. The van der Waals surface area contributed by atoms with Gasteiger partial charge in [-0.2, -0.15) is 0 Å². The Hall–Kier alpha value is -3.61. The molecule has 5 rings (SSSR count). The first-order chi connectivity index (χ1) is 14.3. The summed E-state index contributed by atoms with van der Waals surface area (Å²) in [7, 11) is 0. The maximum absolute atomic E-state index is 12.6. The van der Waals surface area contributed by atoms with E-state index in [4.69, 9.17) is 4.74 Å².